The largest absolute Gasteiger partial charge is 0.504 e. The molecule has 2 aromatic heterocycles. The molecule has 3 N–H and O–H groups in total. The molecule has 0 aliphatic carbocycles. The number of carboxylic acids is 1. The molecule has 9 nitrogen and oxygen atoms in total. The zero-order valence-electron chi connectivity index (χ0n) is 19.2. The lowest BCUT2D eigenvalue weighted by atomic mass is 10.00. The van der Waals surface area contributed by atoms with E-state index in [1.165, 1.54) is 20.3 Å². The van der Waals surface area contributed by atoms with Crippen molar-refractivity contribution in [2.45, 2.75) is 6.42 Å². The zero-order valence-corrected chi connectivity index (χ0v) is 19.2. The Morgan fingerprint density at radius 2 is 1.56 bits per heavy atom. The molecule has 0 unspecified atom stereocenters. The van der Waals surface area contributed by atoms with Crippen molar-refractivity contribution >= 4 is 27.9 Å². The monoisotopic (exact) mass is 488 g/mol. The average Bonchev–Trinajstić information content (AvgIpc) is 3.25. The van der Waals surface area contributed by atoms with Crippen molar-refractivity contribution in [2.24, 2.45) is 0 Å². The highest BCUT2D eigenvalue weighted by molar-refractivity contribution is 6.13. The van der Waals surface area contributed by atoms with Gasteiger partial charge in [0, 0.05) is 22.8 Å². The molecule has 0 amide bonds. The summed E-state index contributed by atoms with van der Waals surface area (Å²) in [7, 11) is 2.93. The Kier molecular flexibility index (Phi) is 5.52. The third kappa shape index (κ3) is 3.58. The predicted octanol–water partition coefficient (Wildman–Crippen LogP) is 4.93. The summed E-state index contributed by atoms with van der Waals surface area (Å²) in [6.07, 6.45) is -0.519. The van der Waals surface area contributed by atoms with Crippen LogP contribution < -0.4 is 14.9 Å². The lowest BCUT2D eigenvalue weighted by molar-refractivity contribution is -0.136. The number of aliphatic carboxylic acids is 1. The predicted molar refractivity (Wildman–Crippen MR) is 131 cm³/mol. The maximum Gasteiger partial charge on any atom is 0.307 e. The summed E-state index contributed by atoms with van der Waals surface area (Å²) in [4.78, 5) is 24.9. The molecule has 0 spiro atoms. The summed E-state index contributed by atoms with van der Waals surface area (Å²) < 4.78 is 22.6. The van der Waals surface area contributed by atoms with E-state index in [0.717, 1.165) is 0 Å². The number of rotatable bonds is 6. The molecule has 0 saturated carbocycles. The second-order valence-corrected chi connectivity index (χ2v) is 8.00. The lowest BCUT2D eigenvalue weighted by Crippen LogP contribution is -2.03. The van der Waals surface area contributed by atoms with Crippen LogP contribution in [0.5, 0.6) is 23.0 Å². The molecule has 3 aromatic carbocycles. The van der Waals surface area contributed by atoms with E-state index in [0.29, 0.717) is 22.6 Å². The number of furan rings is 1. The van der Waals surface area contributed by atoms with Gasteiger partial charge in [0.1, 0.15) is 16.9 Å². The van der Waals surface area contributed by atoms with Crippen LogP contribution >= 0.6 is 0 Å². The van der Waals surface area contributed by atoms with Gasteiger partial charge in [-0.3, -0.25) is 9.59 Å². The maximum atomic E-state index is 13.0. The van der Waals surface area contributed by atoms with Crippen LogP contribution in [0.15, 0.2) is 68.2 Å². The topological polar surface area (TPSA) is 140 Å². The van der Waals surface area contributed by atoms with E-state index >= 15 is 0 Å². The van der Waals surface area contributed by atoms with E-state index in [2.05, 4.69) is 0 Å². The van der Waals surface area contributed by atoms with Crippen molar-refractivity contribution < 1.29 is 38.4 Å². The first-order chi connectivity index (χ1) is 17.3. The molecular weight excluding hydrogens is 468 g/mol. The molecular formula is C27H20O9. The summed E-state index contributed by atoms with van der Waals surface area (Å²) in [5.41, 5.74) is 0.250. The SMILES string of the molecule is COc1ccc(-c2oc3c(O)c(O)c4c(=O)cc(-c5ccccc5)oc4c3c2CC(=O)O)cc1OC. The minimum absolute atomic E-state index is 0.0716. The maximum absolute atomic E-state index is 13.0. The van der Waals surface area contributed by atoms with Crippen LogP contribution in [0.3, 0.4) is 0 Å². The highest BCUT2D eigenvalue weighted by Crippen LogP contribution is 2.48. The number of hydrogen-bond acceptors (Lipinski definition) is 8. The summed E-state index contributed by atoms with van der Waals surface area (Å²) in [5, 5.41) is 30.9. The Morgan fingerprint density at radius 3 is 2.22 bits per heavy atom. The molecule has 5 rings (SSSR count). The Bertz CT molecular complexity index is 1690. The molecule has 0 aliphatic rings. The highest BCUT2D eigenvalue weighted by Gasteiger charge is 2.28. The number of ether oxygens (including phenoxy) is 2. The molecule has 2 heterocycles. The molecule has 0 radical (unpaired) electrons. The quantitative estimate of drug-likeness (QED) is 0.284. The van der Waals surface area contributed by atoms with E-state index in [-0.39, 0.29) is 39.0 Å². The number of carboxylic acid groups (broad SMARTS) is 1. The Labute approximate surface area is 203 Å². The molecule has 9 heteroatoms. The van der Waals surface area contributed by atoms with Crippen LogP contribution in [0.1, 0.15) is 5.56 Å². The molecule has 0 fully saturated rings. The van der Waals surface area contributed by atoms with Crippen molar-refractivity contribution in [3.05, 3.63) is 70.4 Å². The Morgan fingerprint density at radius 1 is 0.833 bits per heavy atom. The number of hydrogen-bond donors (Lipinski definition) is 3. The van der Waals surface area contributed by atoms with Gasteiger partial charge in [-0.15, -0.1) is 0 Å². The number of phenols is 2. The summed E-state index contributed by atoms with van der Waals surface area (Å²) in [6, 6.07) is 14.9. The first-order valence-electron chi connectivity index (χ1n) is 10.8. The van der Waals surface area contributed by atoms with Crippen LogP contribution in [0.4, 0.5) is 0 Å². The number of phenolic OH excluding ortho intramolecular Hbond substituents is 2. The number of aromatic hydroxyl groups is 2. The van der Waals surface area contributed by atoms with Crippen LogP contribution in [-0.4, -0.2) is 35.5 Å². The fourth-order valence-corrected chi connectivity index (χ4v) is 4.27. The van der Waals surface area contributed by atoms with Crippen molar-refractivity contribution in [1.29, 1.82) is 0 Å². The van der Waals surface area contributed by atoms with Gasteiger partial charge in [-0.05, 0) is 18.2 Å². The van der Waals surface area contributed by atoms with Gasteiger partial charge >= 0.3 is 5.97 Å². The smallest absolute Gasteiger partial charge is 0.307 e. The average molecular weight is 488 g/mol. The molecule has 0 bridgehead atoms. The van der Waals surface area contributed by atoms with Gasteiger partial charge in [-0.25, -0.2) is 0 Å². The fourth-order valence-electron chi connectivity index (χ4n) is 4.27. The van der Waals surface area contributed by atoms with Gasteiger partial charge in [0.25, 0.3) is 0 Å². The van der Waals surface area contributed by atoms with Crippen LogP contribution in [0.2, 0.25) is 0 Å². The van der Waals surface area contributed by atoms with Crippen LogP contribution in [-0.2, 0) is 11.2 Å². The number of carbonyl (C=O) groups is 1. The second-order valence-electron chi connectivity index (χ2n) is 8.00. The van der Waals surface area contributed by atoms with Crippen molar-refractivity contribution in [1.82, 2.24) is 0 Å². The van der Waals surface area contributed by atoms with E-state index in [1.807, 2.05) is 0 Å². The zero-order chi connectivity index (χ0) is 25.6. The normalized spacial score (nSPS) is 11.2. The molecule has 182 valence electrons. The highest BCUT2D eigenvalue weighted by atomic mass is 16.5. The van der Waals surface area contributed by atoms with Crippen molar-refractivity contribution in [3.63, 3.8) is 0 Å². The minimum Gasteiger partial charge on any atom is -0.504 e. The Balaban J connectivity index is 1.91. The molecule has 0 saturated heterocycles. The molecule has 5 aromatic rings. The van der Waals surface area contributed by atoms with E-state index < -0.39 is 29.3 Å². The first-order valence-corrected chi connectivity index (χ1v) is 10.8. The van der Waals surface area contributed by atoms with Crippen LogP contribution in [0, 0.1) is 0 Å². The summed E-state index contributed by atoms with van der Waals surface area (Å²) in [6.45, 7) is 0. The first kappa shape index (κ1) is 22.9. The van der Waals surface area contributed by atoms with Gasteiger partial charge in [0.05, 0.1) is 26.0 Å². The van der Waals surface area contributed by atoms with Gasteiger partial charge < -0.3 is 33.6 Å². The Hall–Kier alpha value is -4.92. The second kappa shape index (κ2) is 8.70. The third-order valence-electron chi connectivity index (χ3n) is 5.89. The van der Waals surface area contributed by atoms with E-state index in [4.69, 9.17) is 18.3 Å². The fraction of sp³-hybridized carbons (Fsp3) is 0.111. The van der Waals surface area contributed by atoms with Gasteiger partial charge in [-0.1, -0.05) is 30.3 Å². The van der Waals surface area contributed by atoms with E-state index in [1.54, 1.807) is 48.5 Å². The van der Waals surface area contributed by atoms with Crippen molar-refractivity contribution in [3.8, 4) is 45.6 Å². The summed E-state index contributed by atoms with van der Waals surface area (Å²) >= 11 is 0. The number of methoxy groups -OCH3 is 2. The molecule has 0 atom stereocenters. The lowest BCUT2D eigenvalue weighted by Gasteiger charge is -2.09. The number of fused-ring (bicyclic) bond motifs is 3. The molecule has 0 aliphatic heterocycles. The standard InChI is InChI=1S/C27H20O9/c1-33-17-9-8-14(10-19(17)34-2)25-15(11-20(29)30)21-26-22(23(31)24(32)27(21)36-25)16(28)12-18(35-26)13-6-4-3-5-7-13/h3-10,12,31-32H,11H2,1-2H3,(H,29,30). The van der Waals surface area contributed by atoms with Crippen LogP contribution in [0.25, 0.3) is 44.6 Å². The number of benzene rings is 3. The summed E-state index contributed by atoms with van der Waals surface area (Å²) in [5.74, 6) is -1.48. The van der Waals surface area contributed by atoms with Gasteiger partial charge in [0.2, 0.25) is 5.75 Å². The minimum atomic E-state index is -1.18. The van der Waals surface area contributed by atoms with Gasteiger partial charge in [-0.2, -0.15) is 0 Å². The third-order valence-corrected chi connectivity index (χ3v) is 5.89. The molecule has 36 heavy (non-hydrogen) atoms. The van der Waals surface area contributed by atoms with Gasteiger partial charge in [0.15, 0.2) is 33.8 Å². The van der Waals surface area contributed by atoms with E-state index in [9.17, 15) is 24.9 Å². The van der Waals surface area contributed by atoms with Crippen molar-refractivity contribution in [2.75, 3.05) is 14.2 Å².